The van der Waals surface area contributed by atoms with Gasteiger partial charge in [0, 0.05) is 28.6 Å². The molecule has 1 aliphatic rings. The highest BCUT2D eigenvalue weighted by molar-refractivity contribution is 9.10. The van der Waals surface area contributed by atoms with Gasteiger partial charge in [0.05, 0.1) is 0 Å². The predicted octanol–water partition coefficient (Wildman–Crippen LogP) is 3.04. The number of nitrogens with one attached hydrogen (secondary N) is 1. The summed E-state index contributed by atoms with van der Waals surface area (Å²) in [4.78, 5) is 12.3. The average Bonchev–Trinajstić information content (AvgIpc) is 2.39. The Balaban J connectivity index is 2.07. The van der Waals surface area contributed by atoms with Gasteiger partial charge in [-0.25, -0.2) is 0 Å². The minimum absolute atomic E-state index is 0.0321. The van der Waals surface area contributed by atoms with E-state index in [4.69, 9.17) is 0 Å². The van der Waals surface area contributed by atoms with Gasteiger partial charge in [-0.3, -0.25) is 4.79 Å². The third kappa shape index (κ3) is 3.57. The minimum Gasteiger partial charge on any atom is -0.396 e. The second kappa shape index (κ2) is 6.53. The van der Waals surface area contributed by atoms with E-state index in [2.05, 4.69) is 21.2 Å². The Bertz CT molecular complexity index is 461. The molecule has 1 aromatic carbocycles. The molecule has 2 unspecified atom stereocenters. The maximum absolute atomic E-state index is 12.3. The summed E-state index contributed by atoms with van der Waals surface area (Å²) in [5.41, 5.74) is 1.67. The number of aliphatic hydroxyl groups excluding tert-OH is 1. The van der Waals surface area contributed by atoms with Gasteiger partial charge >= 0.3 is 0 Å². The van der Waals surface area contributed by atoms with E-state index in [0.717, 1.165) is 35.7 Å². The normalized spacial score (nSPS) is 23.1. The standard InChI is InChI=1S/C15H20BrNO2/c1-10-8-12(16)6-7-13(10)15(19)17-14-5-3-2-4-11(14)9-18/h6-8,11,14,18H,2-5,9H2,1H3,(H,17,19). The molecule has 1 aromatic rings. The number of aryl methyl sites for hydroxylation is 1. The Hall–Kier alpha value is -0.870. The Morgan fingerprint density at radius 1 is 1.42 bits per heavy atom. The van der Waals surface area contributed by atoms with Crippen molar-refractivity contribution < 1.29 is 9.90 Å². The molecule has 104 valence electrons. The van der Waals surface area contributed by atoms with Crippen LogP contribution in [0.4, 0.5) is 0 Å². The summed E-state index contributed by atoms with van der Waals surface area (Å²) in [6.45, 7) is 2.09. The highest BCUT2D eigenvalue weighted by Gasteiger charge is 2.26. The number of rotatable bonds is 3. The second-order valence-corrected chi connectivity index (χ2v) is 6.18. The fourth-order valence-electron chi connectivity index (χ4n) is 2.74. The lowest BCUT2D eigenvalue weighted by Gasteiger charge is -2.31. The van der Waals surface area contributed by atoms with E-state index in [1.54, 1.807) is 0 Å². The molecule has 0 bridgehead atoms. The van der Waals surface area contributed by atoms with E-state index < -0.39 is 0 Å². The Kier molecular flexibility index (Phi) is 4.99. The largest absolute Gasteiger partial charge is 0.396 e. The molecular formula is C15H20BrNO2. The Labute approximate surface area is 122 Å². The SMILES string of the molecule is Cc1cc(Br)ccc1C(=O)NC1CCCCC1CO. The molecule has 4 heteroatoms. The molecule has 1 fully saturated rings. The lowest BCUT2D eigenvalue weighted by atomic mass is 9.85. The van der Waals surface area contributed by atoms with Gasteiger partial charge < -0.3 is 10.4 Å². The van der Waals surface area contributed by atoms with Gasteiger partial charge in [0.25, 0.3) is 5.91 Å². The third-order valence-corrected chi connectivity index (χ3v) is 4.39. The quantitative estimate of drug-likeness (QED) is 0.897. The van der Waals surface area contributed by atoms with Crippen LogP contribution in [0, 0.1) is 12.8 Å². The summed E-state index contributed by atoms with van der Waals surface area (Å²) < 4.78 is 0.979. The molecule has 2 rings (SSSR count). The molecule has 0 radical (unpaired) electrons. The molecular weight excluding hydrogens is 306 g/mol. The fourth-order valence-corrected chi connectivity index (χ4v) is 3.22. The monoisotopic (exact) mass is 325 g/mol. The van der Waals surface area contributed by atoms with Crippen molar-refractivity contribution in [2.75, 3.05) is 6.61 Å². The molecule has 0 heterocycles. The van der Waals surface area contributed by atoms with Crippen LogP contribution in [0.25, 0.3) is 0 Å². The maximum atomic E-state index is 12.3. The molecule has 1 amide bonds. The van der Waals surface area contributed by atoms with Gasteiger partial charge in [-0.2, -0.15) is 0 Å². The molecule has 2 atom stereocenters. The van der Waals surface area contributed by atoms with Crippen molar-refractivity contribution >= 4 is 21.8 Å². The number of amides is 1. The average molecular weight is 326 g/mol. The molecule has 3 nitrogen and oxygen atoms in total. The zero-order chi connectivity index (χ0) is 13.8. The third-order valence-electron chi connectivity index (χ3n) is 3.89. The highest BCUT2D eigenvalue weighted by Crippen LogP contribution is 2.24. The van der Waals surface area contributed by atoms with E-state index in [-0.39, 0.29) is 24.5 Å². The first kappa shape index (κ1) is 14.5. The summed E-state index contributed by atoms with van der Waals surface area (Å²) in [7, 11) is 0. The van der Waals surface area contributed by atoms with Crippen LogP contribution in [-0.4, -0.2) is 23.7 Å². The summed E-state index contributed by atoms with van der Waals surface area (Å²) >= 11 is 3.40. The van der Waals surface area contributed by atoms with E-state index in [1.807, 2.05) is 25.1 Å². The van der Waals surface area contributed by atoms with E-state index in [0.29, 0.717) is 5.56 Å². The van der Waals surface area contributed by atoms with Crippen LogP contribution < -0.4 is 5.32 Å². The van der Waals surface area contributed by atoms with Gasteiger partial charge in [-0.1, -0.05) is 28.8 Å². The number of halogens is 1. The van der Waals surface area contributed by atoms with Crippen LogP contribution in [0.5, 0.6) is 0 Å². The van der Waals surface area contributed by atoms with Crippen LogP contribution in [-0.2, 0) is 0 Å². The van der Waals surface area contributed by atoms with Gasteiger partial charge in [-0.15, -0.1) is 0 Å². The number of carbonyl (C=O) groups excluding carboxylic acids is 1. The van der Waals surface area contributed by atoms with E-state index >= 15 is 0 Å². The van der Waals surface area contributed by atoms with E-state index in [1.165, 1.54) is 0 Å². The fraction of sp³-hybridized carbons (Fsp3) is 0.533. The summed E-state index contributed by atoms with van der Waals surface area (Å²) in [6, 6.07) is 5.77. The molecule has 0 aliphatic heterocycles. The first-order valence-corrected chi connectivity index (χ1v) is 7.59. The van der Waals surface area contributed by atoms with Crippen LogP contribution in [0.3, 0.4) is 0 Å². The van der Waals surface area contributed by atoms with Crippen LogP contribution in [0.2, 0.25) is 0 Å². The van der Waals surface area contributed by atoms with Crippen molar-refractivity contribution in [1.29, 1.82) is 0 Å². The van der Waals surface area contributed by atoms with Crippen LogP contribution in [0.1, 0.15) is 41.6 Å². The molecule has 2 N–H and O–H groups in total. The number of hydrogen-bond acceptors (Lipinski definition) is 2. The summed E-state index contributed by atoms with van der Waals surface area (Å²) in [5.74, 6) is 0.170. The van der Waals surface area contributed by atoms with Crippen molar-refractivity contribution in [1.82, 2.24) is 5.32 Å². The first-order chi connectivity index (χ1) is 9.11. The molecule has 1 saturated carbocycles. The number of hydrogen-bond donors (Lipinski definition) is 2. The van der Waals surface area contributed by atoms with Crippen molar-refractivity contribution in [2.45, 2.75) is 38.6 Å². The van der Waals surface area contributed by atoms with Crippen LogP contribution >= 0.6 is 15.9 Å². The lowest BCUT2D eigenvalue weighted by molar-refractivity contribution is 0.0872. The van der Waals surface area contributed by atoms with Crippen LogP contribution in [0.15, 0.2) is 22.7 Å². The number of aliphatic hydroxyl groups is 1. The lowest BCUT2D eigenvalue weighted by Crippen LogP contribution is -2.43. The maximum Gasteiger partial charge on any atom is 0.251 e. The second-order valence-electron chi connectivity index (χ2n) is 5.27. The molecule has 0 spiro atoms. The zero-order valence-corrected chi connectivity index (χ0v) is 12.7. The first-order valence-electron chi connectivity index (χ1n) is 6.79. The smallest absolute Gasteiger partial charge is 0.251 e. The minimum atomic E-state index is -0.0321. The highest BCUT2D eigenvalue weighted by atomic mass is 79.9. The molecule has 1 aliphatic carbocycles. The van der Waals surface area contributed by atoms with E-state index in [9.17, 15) is 9.90 Å². The summed E-state index contributed by atoms with van der Waals surface area (Å²) in [5, 5.41) is 12.5. The van der Waals surface area contributed by atoms with Crippen molar-refractivity contribution in [2.24, 2.45) is 5.92 Å². The topological polar surface area (TPSA) is 49.3 Å². The van der Waals surface area contributed by atoms with Crippen molar-refractivity contribution in [3.63, 3.8) is 0 Å². The van der Waals surface area contributed by atoms with Gasteiger partial charge in [0.2, 0.25) is 0 Å². The summed E-state index contributed by atoms with van der Waals surface area (Å²) in [6.07, 6.45) is 4.24. The molecule has 0 saturated heterocycles. The molecule has 19 heavy (non-hydrogen) atoms. The Morgan fingerprint density at radius 3 is 2.84 bits per heavy atom. The van der Waals surface area contributed by atoms with Crippen molar-refractivity contribution in [3.05, 3.63) is 33.8 Å². The Morgan fingerprint density at radius 2 is 2.16 bits per heavy atom. The van der Waals surface area contributed by atoms with Crippen molar-refractivity contribution in [3.8, 4) is 0 Å². The molecule has 0 aromatic heterocycles. The predicted molar refractivity (Wildman–Crippen MR) is 79.2 cm³/mol. The van der Waals surface area contributed by atoms with Gasteiger partial charge in [-0.05, 0) is 43.5 Å². The zero-order valence-electron chi connectivity index (χ0n) is 11.2. The number of benzene rings is 1. The number of carbonyl (C=O) groups is 1. The van der Waals surface area contributed by atoms with Gasteiger partial charge in [0.1, 0.15) is 0 Å². The van der Waals surface area contributed by atoms with Gasteiger partial charge in [0.15, 0.2) is 0 Å².